The Hall–Kier alpha value is -5.53. The maximum absolute atomic E-state index is 12.7. The number of alkyl halides is 6. The minimum Gasteiger partial charge on any atom is -0.475 e. The lowest BCUT2D eigenvalue weighted by Crippen LogP contribution is -2.21. The molecule has 11 nitrogen and oxygen atoms in total. The van der Waals surface area contributed by atoms with Crippen molar-refractivity contribution in [2.24, 2.45) is 0 Å². The number of carbonyl (C=O) groups is 3. The van der Waals surface area contributed by atoms with E-state index >= 15 is 0 Å². The Morgan fingerprint density at radius 1 is 0.900 bits per heavy atom. The SMILES string of the molecule is N#Cc1ccc(-c2nc(C(=O)Nc3ccncn3)c3ccccn23)cc1.O=C(O)C(F)(F)F.O=C(O)C(F)(F)F. The average Bonchev–Trinajstić information content (AvgIpc) is 3.29. The van der Waals surface area contributed by atoms with Gasteiger partial charge in [-0.1, -0.05) is 6.07 Å². The Kier molecular flexibility index (Phi) is 9.83. The molecule has 0 saturated heterocycles. The molecule has 0 atom stereocenters. The van der Waals surface area contributed by atoms with E-state index in [0.29, 0.717) is 28.4 Å². The number of benzene rings is 1. The monoisotopic (exact) mass is 568 g/mol. The van der Waals surface area contributed by atoms with E-state index in [0.717, 1.165) is 5.56 Å². The Balaban J connectivity index is 0.000000333. The first kappa shape index (κ1) is 30.7. The highest BCUT2D eigenvalue weighted by atomic mass is 19.4. The van der Waals surface area contributed by atoms with Gasteiger partial charge in [0.1, 0.15) is 18.0 Å². The highest BCUT2D eigenvalue weighted by Gasteiger charge is 2.38. The van der Waals surface area contributed by atoms with Crippen LogP contribution in [0.1, 0.15) is 16.1 Å². The standard InChI is InChI=1S/C19H12N6O.2C2HF3O2/c20-11-13-4-6-14(7-5-13)18-24-17(15-3-1-2-10-25(15)18)19(26)23-16-8-9-21-12-22-16;2*3-2(4,5)1(6)7/h1-10,12H,(H,21,22,23,26);2*(H,6,7). The van der Waals surface area contributed by atoms with E-state index in [4.69, 9.17) is 25.1 Å². The molecular weight excluding hydrogens is 554 g/mol. The lowest BCUT2D eigenvalue weighted by Gasteiger charge is -2.01. The summed E-state index contributed by atoms with van der Waals surface area (Å²) in [5.74, 6) is -4.84. The van der Waals surface area contributed by atoms with Gasteiger partial charge in [0.25, 0.3) is 5.91 Å². The van der Waals surface area contributed by atoms with Gasteiger partial charge in [0.05, 0.1) is 17.1 Å². The number of halogens is 6. The quantitative estimate of drug-likeness (QED) is 0.307. The summed E-state index contributed by atoms with van der Waals surface area (Å²) in [5.41, 5.74) is 2.35. The van der Waals surface area contributed by atoms with Gasteiger partial charge in [-0.15, -0.1) is 0 Å². The second-order valence-corrected chi connectivity index (χ2v) is 7.08. The zero-order valence-corrected chi connectivity index (χ0v) is 19.5. The van der Waals surface area contributed by atoms with Crippen LogP contribution in [0.5, 0.6) is 0 Å². The fourth-order valence-electron chi connectivity index (χ4n) is 2.64. The van der Waals surface area contributed by atoms with Crippen molar-refractivity contribution < 1.29 is 50.9 Å². The van der Waals surface area contributed by atoms with Gasteiger partial charge in [0.2, 0.25) is 0 Å². The average molecular weight is 568 g/mol. The van der Waals surface area contributed by atoms with Crippen molar-refractivity contribution in [3.63, 3.8) is 0 Å². The third-order valence-electron chi connectivity index (χ3n) is 4.34. The van der Waals surface area contributed by atoms with Crippen LogP contribution < -0.4 is 5.32 Å². The van der Waals surface area contributed by atoms with E-state index in [9.17, 15) is 31.1 Å². The van der Waals surface area contributed by atoms with Crippen LogP contribution in [0.4, 0.5) is 32.2 Å². The molecule has 0 fully saturated rings. The molecular formula is C23H14F6N6O5. The van der Waals surface area contributed by atoms with Gasteiger partial charge >= 0.3 is 24.3 Å². The molecule has 40 heavy (non-hydrogen) atoms. The molecule has 0 unspecified atom stereocenters. The van der Waals surface area contributed by atoms with Crippen LogP contribution in [-0.2, 0) is 9.59 Å². The largest absolute Gasteiger partial charge is 0.490 e. The van der Waals surface area contributed by atoms with Crippen molar-refractivity contribution in [2.75, 3.05) is 5.32 Å². The van der Waals surface area contributed by atoms with E-state index in [-0.39, 0.29) is 5.91 Å². The fourth-order valence-corrected chi connectivity index (χ4v) is 2.64. The number of imidazole rings is 1. The molecule has 0 saturated carbocycles. The number of nitrogens with one attached hydrogen (secondary N) is 1. The molecule has 3 N–H and O–H groups in total. The molecule has 1 amide bonds. The molecule has 4 aromatic rings. The molecule has 0 bridgehead atoms. The molecule has 0 aliphatic heterocycles. The smallest absolute Gasteiger partial charge is 0.475 e. The van der Waals surface area contributed by atoms with E-state index in [2.05, 4.69) is 26.3 Å². The number of aromatic nitrogens is 4. The molecule has 0 aliphatic carbocycles. The number of amides is 1. The number of hydrogen-bond donors (Lipinski definition) is 3. The summed E-state index contributed by atoms with van der Waals surface area (Å²) in [6, 6.07) is 16.3. The summed E-state index contributed by atoms with van der Waals surface area (Å²) in [5, 5.41) is 25.9. The van der Waals surface area contributed by atoms with Crippen molar-refractivity contribution in [3.8, 4) is 17.5 Å². The van der Waals surface area contributed by atoms with Crippen LogP contribution in [-0.4, -0.2) is 59.8 Å². The minimum absolute atomic E-state index is 0.295. The number of nitriles is 1. The number of carboxylic acids is 2. The number of hydrogen-bond acceptors (Lipinski definition) is 7. The summed E-state index contributed by atoms with van der Waals surface area (Å²) >= 11 is 0. The molecule has 3 aromatic heterocycles. The summed E-state index contributed by atoms with van der Waals surface area (Å²) in [6.07, 6.45) is -5.41. The number of carbonyl (C=O) groups excluding carboxylic acids is 1. The van der Waals surface area contributed by atoms with Gasteiger partial charge in [-0.05, 0) is 42.5 Å². The van der Waals surface area contributed by atoms with Gasteiger partial charge in [0.15, 0.2) is 5.69 Å². The second kappa shape index (κ2) is 12.8. The third-order valence-corrected chi connectivity index (χ3v) is 4.34. The van der Waals surface area contributed by atoms with E-state index in [1.54, 1.807) is 24.4 Å². The van der Waals surface area contributed by atoms with Gasteiger partial charge in [0, 0.05) is 18.0 Å². The molecule has 0 aliphatic rings. The first-order valence-electron chi connectivity index (χ1n) is 10.3. The van der Waals surface area contributed by atoms with Gasteiger partial charge in [-0.2, -0.15) is 31.6 Å². The van der Waals surface area contributed by atoms with Crippen molar-refractivity contribution >= 4 is 29.2 Å². The van der Waals surface area contributed by atoms with Crippen LogP contribution in [0, 0.1) is 11.3 Å². The number of pyridine rings is 1. The number of anilines is 1. The van der Waals surface area contributed by atoms with Crippen LogP contribution in [0.2, 0.25) is 0 Å². The Morgan fingerprint density at radius 3 is 1.95 bits per heavy atom. The number of fused-ring (bicyclic) bond motifs is 1. The second-order valence-electron chi connectivity index (χ2n) is 7.08. The van der Waals surface area contributed by atoms with Crippen LogP contribution >= 0.6 is 0 Å². The van der Waals surface area contributed by atoms with E-state index in [1.807, 2.05) is 40.9 Å². The zero-order chi connectivity index (χ0) is 30.1. The van der Waals surface area contributed by atoms with Gasteiger partial charge in [-0.3, -0.25) is 9.20 Å². The maximum Gasteiger partial charge on any atom is 0.490 e. The van der Waals surface area contributed by atoms with Crippen molar-refractivity contribution in [3.05, 3.63) is 78.5 Å². The Bertz CT molecular complexity index is 1510. The van der Waals surface area contributed by atoms with Crippen LogP contribution in [0.3, 0.4) is 0 Å². The Morgan fingerprint density at radius 2 is 1.48 bits per heavy atom. The summed E-state index contributed by atoms with van der Waals surface area (Å²) in [7, 11) is 0. The predicted octanol–water partition coefficient (Wildman–Crippen LogP) is 4.18. The highest BCUT2D eigenvalue weighted by Crippen LogP contribution is 2.24. The molecule has 4 rings (SSSR count). The summed E-state index contributed by atoms with van der Waals surface area (Å²) in [6.45, 7) is 0. The number of aliphatic carboxylic acids is 2. The molecule has 208 valence electrons. The van der Waals surface area contributed by atoms with Crippen molar-refractivity contribution in [1.29, 1.82) is 5.26 Å². The predicted molar refractivity (Wildman–Crippen MR) is 123 cm³/mol. The van der Waals surface area contributed by atoms with Gasteiger partial charge < -0.3 is 15.5 Å². The third kappa shape index (κ3) is 8.51. The number of rotatable bonds is 3. The molecule has 0 radical (unpaired) electrons. The fraction of sp³-hybridized carbons (Fsp3) is 0.0870. The number of nitrogens with zero attached hydrogens (tertiary/aromatic N) is 5. The molecule has 0 spiro atoms. The van der Waals surface area contributed by atoms with Crippen molar-refractivity contribution in [1.82, 2.24) is 19.4 Å². The number of carboxylic acid groups (broad SMARTS) is 2. The van der Waals surface area contributed by atoms with E-state index in [1.165, 1.54) is 6.33 Å². The maximum atomic E-state index is 12.7. The summed E-state index contributed by atoms with van der Waals surface area (Å²) in [4.78, 5) is 42.8. The normalized spacial score (nSPS) is 10.7. The topological polar surface area (TPSA) is 171 Å². The zero-order valence-electron chi connectivity index (χ0n) is 19.5. The molecule has 1 aromatic carbocycles. The molecule has 3 heterocycles. The first-order valence-corrected chi connectivity index (χ1v) is 10.3. The van der Waals surface area contributed by atoms with E-state index < -0.39 is 24.3 Å². The lowest BCUT2D eigenvalue weighted by atomic mass is 10.1. The summed E-state index contributed by atoms with van der Waals surface area (Å²) < 4.78 is 65.3. The van der Waals surface area contributed by atoms with Gasteiger partial charge in [-0.25, -0.2) is 24.5 Å². The van der Waals surface area contributed by atoms with Crippen LogP contribution in [0.15, 0.2) is 67.3 Å². The first-order chi connectivity index (χ1) is 18.6. The highest BCUT2D eigenvalue weighted by molar-refractivity contribution is 6.07. The minimum atomic E-state index is -5.08. The Labute approximate surface area is 219 Å². The van der Waals surface area contributed by atoms with Crippen molar-refractivity contribution in [2.45, 2.75) is 12.4 Å². The molecule has 17 heteroatoms. The van der Waals surface area contributed by atoms with Crippen LogP contribution in [0.25, 0.3) is 16.9 Å². The lowest BCUT2D eigenvalue weighted by molar-refractivity contribution is -0.193.